The topological polar surface area (TPSA) is 29.5 Å². The minimum atomic E-state index is -0.0493. The van der Waals surface area contributed by atoms with Crippen molar-refractivity contribution in [3.8, 4) is 5.75 Å². The molecule has 0 spiro atoms. The van der Waals surface area contributed by atoms with Gasteiger partial charge in [0.15, 0.2) is 0 Å². The normalized spacial score (nSPS) is 12.9. The van der Waals surface area contributed by atoms with Gasteiger partial charge in [-0.3, -0.25) is 4.79 Å². The number of fused-ring (bicyclic) bond motifs is 1. The van der Waals surface area contributed by atoms with Gasteiger partial charge in [-0.1, -0.05) is 36.9 Å². The first-order valence-electron chi connectivity index (χ1n) is 7.01. The van der Waals surface area contributed by atoms with Crippen molar-refractivity contribution in [2.75, 3.05) is 11.4 Å². The molecule has 0 aliphatic carbocycles. The van der Waals surface area contributed by atoms with Crippen LogP contribution in [0, 0.1) is 0 Å². The highest BCUT2D eigenvalue weighted by Crippen LogP contribution is 2.31. The molecular formula is C18H17NO2. The molecule has 0 N–H and O–H groups in total. The highest BCUT2D eigenvalue weighted by molar-refractivity contribution is 6.02. The van der Waals surface area contributed by atoms with Crippen LogP contribution in [0.4, 0.5) is 5.69 Å². The Bertz CT molecular complexity index is 664. The fraction of sp³-hybridized carbons (Fsp3) is 0.167. The van der Waals surface area contributed by atoms with Gasteiger partial charge in [0, 0.05) is 12.2 Å². The van der Waals surface area contributed by atoms with E-state index in [1.807, 2.05) is 48.5 Å². The van der Waals surface area contributed by atoms with Gasteiger partial charge in [0.25, 0.3) is 0 Å². The molecule has 0 unspecified atom stereocenters. The van der Waals surface area contributed by atoms with Gasteiger partial charge in [0.1, 0.15) is 12.4 Å². The second kappa shape index (κ2) is 5.83. The minimum Gasteiger partial charge on any atom is -0.489 e. The van der Waals surface area contributed by atoms with E-state index in [2.05, 4.69) is 6.58 Å². The Hall–Kier alpha value is -2.55. The van der Waals surface area contributed by atoms with Gasteiger partial charge >= 0.3 is 0 Å². The third-order valence-corrected chi connectivity index (χ3v) is 3.64. The molecule has 2 aromatic carbocycles. The number of anilines is 1. The number of benzene rings is 2. The van der Waals surface area contributed by atoms with Crippen LogP contribution in [0.1, 0.15) is 11.1 Å². The van der Waals surface area contributed by atoms with E-state index in [-0.39, 0.29) is 5.91 Å². The fourth-order valence-corrected chi connectivity index (χ4v) is 2.55. The van der Waals surface area contributed by atoms with E-state index in [9.17, 15) is 4.79 Å². The molecule has 2 aromatic rings. The summed E-state index contributed by atoms with van der Waals surface area (Å²) in [5, 5.41) is 0. The monoisotopic (exact) mass is 279 g/mol. The van der Waals surface area contributed by atoms with Crippen molar-refractivity contribution in [2.24, 2.45) is 0 Å². The van der Waals surface area contributed by atoms with Crippen molar-refractivity contribution in [3.63, 3.8) is 0 Å². The summed E-state index contributed by atoms with van der Waals surface area (Å²) in [5.74, 6) is 0.789. The summed E-state index contributed by atoms with van der Waals surface area (Å²) in [4.78, 5) is 13.5. The Kier molecular flexibility index (Phi) is 3.73. The molecule has 0 saturated heterocycles. The van der Waals surface area contributed by atoms with Crippen LogP contribution in [-0.4, -0.2) is 12.5 Å². The van der Waals surface area contributed by atoms with E-state index in [1.165, 1.54) is 6.08 Å². The molecule has 1 amide bonds. The van der Waals surface area contributed by atoms with Crippen LogP contribution in [0.2, 0.25) is 0 Å². The van der Waals surface area contributed by atoms with Crippen molar-refractivity contribution < 1.29 is 9.53 Å². The zero-order chi connectivity index (χ0) is 14.7. The van der Waals surface area contributed by atoms with Gasteiger partial charge in [-0.2, -0.15) is 0 Å². The van der Waals surface area contributed by atoms with Crippen LogP contribution in [0.5, 0.6) is 5.75 Å². The second-order valence-electron chi connectivity index (χ2n) is 5.01. The SMILES string of the molecule is C=CC(=O)N1CCc2cc(OCc3ccccc3)ccc21. The third kappa shape index (κ3) is 2.82. The summed E-state index contributed by atoms with van der Waals surface area (Å²) in [6, 6.07) is 16.0. The number of rotatable bonds is 4. The maximum atomic E-state index is 11.7. The third-order valence-electron chi connectivity index (χ3n) is 3.64. The first-order valence-corrected chi connectivity index (χ1v) is 7.01. The van der Waals surface area contributed by atoms with Gasteiger partial charge in [-0.25, -0.2) is 0 Å². The largest absolute Gasteiger partial charge is 0.489 e. The Morgan fingerprint density at radius 2 is 2.05 bits per heavy atom. The molecule has 0 aromatic heterocycles. The number of hydrogen-bond donors (Lipinski definition) is 0. The molecule has 21 heavy (non-hydrogen) atoms. The highest BCUT2D eigenvalue weighted by atomic mass is 16.5. The Balaban J connectivity index is 1.72. The number of amides is 1. The van der Waals surface area contributed by atoms with Gasteiger partial charge < -0.3 is 9.64 Å². The van der Waals surface area contributed by atoms with Crippen molar-refractivity contribution in [3.05, 3.63) is 72.3 Å². The van der Waals surface area contributed by atoms with Crippen molar-refractivity contribution >= 4 is 11.6 Å². The molecule has 0 bridgehead atoms. The highest BCUT2D eigenvalue weighted by Gasteiger charge is 2.23. The van der Waals surface area contributed by atoms with Gasteiger partial charge in [-0.15, -0.1) is 0 Å². The van der Waals surface area contributed by atoms with Crippen LogP contribution in [0.15, 0.2) is 61.2 Å². The Labute approximate surface area is 124 Å². The zero-order valence-corrected chi connectivity index (χ0v) is 11.8. The quantitative estimate of drug-likeness (QED) is 0.803. The average Bonchev–Trinajstić information content (AvgIpc) is 2.96. The van der Waals surface area contributed by atoms with Crippen LogP contribution >= 0.6 is 0 Å². The first kappa shape index (κ1) is 13.4. The van der Waals surface area contributed by atoms with Crippen molar-refractivity contribution in [1.29, 1.82) is 0 Å². The van der Waals surface area contributed by atoms with Crippen LogP contribution in [0.3, 0.4) is 0 Å². The molecule has 3 heteroatoms. The van der Waals surface area contributed by atoms with Crippen LogP contribution < -0.4 is 9.64 Å². The molecule has 1 aliphatic rings. The molecule has 1 heterocycles. The predicted molar refractivity (Wildman–Crippen MR) is 83.5 cm³/mol. The second-order valence-corrected chi connectivity index (χ2v) is 5.01. The maximum absolute atomic E-state index is 11.7. The maximum Gasteiger partial charge on any atom is 0.250 e. The summed E-state index contributed by atoms with van der Waals surface area (Å²) in [6.45, 7) is 4.80. The standard InChI is InChI=1S/C18H17NO2/c1-2-18(20)19-11-10-15-12-16(8-9-17(15)19)21-13-14-6-4-3-5-7-14/h2-9,12H,1,10-11,13H2. The van der Waals surface area contributed by atoms with E-state index in [1.54, 1.807) is 4.90 Å². The average molecular weight is 279 g/mol. The van der Waals surface area contributed by atoms with Crippen LogP contribution in [0.25, 0.3) is 0 Å². The zero-order valence-electron chi connectivity index (χ0n) is 11.8. The van der Waals surface area contributed by atoms with Gasteiger partial charge in [0.05, 0.1) is 0 Å². The number of ether oxygens (including phenoxy) is 1. The predicted octanol–water partition coefficient (Wildman–Crippen LogP) is 3.34. The fourth-order valence-electron chi connectivity index (χ4n) is 2.55. The lowest BCUT2D eigenvalue weighted by Gasteiger charge is -2.15. The van der Waals surface area contributed by atoms with Gasteiger partial charge in [0.2, 0.25) is 5.91 Å². The number of carbonyl (C=O) groups excluding carboxylic acids is 1. The molecule has 3 nitrogen and oxygen atoms in total. The summed E-state index contributed by atoms with van der Waals surface area (Å²) >= 11 is 0. The van der Waals surface area contributed by atoms with E-state index in [0.717, 1.165) is 29.0 Å². The number of hydrogen-bond acceptors (Lipinski definition) is 2. The number of nitrogens with zero attached hydrogens (tertiary/aromatic N) is 1. The van der Waals surface area contributed by atoms with Crippen molar-refractivity contribution in [2.45, 2.75) is 13.0 Å². The van der Waals surface area contributed by atoms with E-state index in [0.29, 0.717) is 13.2 Å². The van der Waals surface area contributed by atoms with Gasteiger partial charge in [-0.05, 0) is 41.8 Å². The lowest BCUT2D eigenvalue weighted by molar-refractivity contribution is -0.114. The summed E-state index contributed by atoms with van der Waals surface area (Å²) in [6.07, 6.45) is 2.21. The van der Waals surface area contributed by atoms with E-state index in [4.69, 9.17) is 4.74 Å². The molecule has 1 aliphatic heterocycles. The van der Waals surface area contributed by atoms with E-state index >= 15 is 0 Å². The Morgan fingerprint density at radius 1 is 1.24 bits per heavy atom. The molecule has 0 radical (unpaired) electrons. The lowest BCUT2D eigenvalue weighted by Crippen LogP contribution is -2.26. The molecule has 0 atom stereocenters. The molecule has 106 valence electrons. The summed E-state index contributed by atoms with van der Waals surface area (Å²) < 4.78 is 5.82. The lowest BCUT2D eigenvalue weighted by atomic mass is 10.1. The Morgan fingerprint density at radius 3 is 2.81 bits per heavy atom. The minimum absolute atomic E-state index is 0.0493. The van der Waals surface area contributed by atoms with Crippen LogP contribution in [-0.2, 0) is 17.8 Å². The molecule has 0 fully saturated rings. The molecule has 3 rings (SSSR count). The number of carbonyl (C=O) groups is 1. The van der Waals surface area contributed by atoms with Crippen molar-refractivity contribution in [1.82, 2.24) is 0 Å². The molecular weight excluding hydrogens is 262 g/mol. The summed E-state index contributed by atoms with van der Waals surface area (Å²) in [5.41, 5.74) is 3.25. The smallest absolute Gasteiger partial charge is 0.250 e. The molecule has 0 saturated carbocycles. The summed E-state index contributed by atoms with van der Waals surface area (Å²) in [7, 11) is 0. The van der Waals surface area contributed by atoms with E-state index < -0.39 is 0 Å². The first-order chi connectivity index (χ1) is 10.3.